The molecule has 2 heterocycles. The van der Waals surface area contributed by atoms with Gasteiger partial charge in [-0.15, -0.1) is 59.3 Å². The van der Waals surface area contributed by atoms with Crippen LogP contribution >= 0.6 is 23.2 Å². The molecular formula is C42H26Cl2N2Zr. The Hall–Kier alpha value is -4.14. The molecule has 0 saturated heterocycles. The summed E-state index contributed by atoms with van der Waals surface area (Å²) in [5, 5.41) is 4.01. The number of hydrogen-bond acceptors (Lipinski definition) is 0. The fourth-order valence-electron chi connectivity index (χ4n) is 7.32. The molecule has 0 spiro atoms. The number of hydrogen-bond donors (Lipinski definition) is 0. The summed E-state index contributed by atoms with van der Waals surface area (Å²) in [6.07, 6.45) is 1.84. The van der Waals surface area contributed by atoms with Gasteiger partial charge in [-0.2, -0.15) is 0 Å². The van der Waals surface area contributed by atoms with Gasteiger partial charge < -0.3 is 9.13 Å². The van der Waals surface area contributed by atoms with Gasteiger partial charge in [0.15, 0.2) is 0 Å². The van der Waals surface area contributed by atoms with Gasteiger partial charge in [-0.3, -0.25) is 0 Å². The molecule has 6 aromatic carbocycles. The maximum absolute atomic E-state index is 6.19. The van der Waals surface area contributed by atoms with Gasteiger partial charge in [0.05, 0.1) is 0 Å². The summed E-state index contributed by atoms with van der Waals surface area (Å²) >= 11 is 12.4. The summed E-state index contributed by atoms with van der Waals surface area (Å²) in [6.45, 7) is 0. The number of halogens is 2. The Bertz CT molecular complexity index is 2270. The number of fused-ring (bicyclic) bond motifs is 10. The van der Waals surface area contributed by atoms with Crippen molar-refractivity contribution < 1.29 is 26.2 Å². The van der Waals surface area contributed by atoms with E-state index in [1.165, 1.54) is 77.9 Å². The van der Waals surface area contributed by atoms with E-state index >= 15 is 0 Å². The number of benzene rings is 6. The van der Waals surface area contributed by atoms with Crippen molar-refractivity contribution in [1.82, 2.24) is 9.13 Å². The molecule has 0 atom stereocenters. The van der Waals surface area contributed by atoms with Gasteiger partial charge in [0.25, 0.3) is 0 Å². The molecule has 47 heavy (non-hydrogen) atoms. The van der Waals surface area contributed by atoms with Crippen LogP contribution in [0.25, 0.3) is 55.7 Å². The minimum absolute atomic E-state index is 0. The summed E-state index contributed by atoms with van der Waals surface area (Å²) in [5.74, 6) is 0. The summed E-state index contributed by atoms with van der Waals surface area (Å²) in [4.78, 5) is 0. The van der Waals surface area contributed by atoms with Crippen molar-refractivity contribution >= 4 is 45.0 Å². The van der Waals surface area contributed by atoms with Crippen LogP contribution in [0, 0.1) is 12.1 Å². The van der Waals surface area contributed by atoms with Crippen molar-refractivity contribution in [2.45, 2.75) is 12.8 Å². The van der Waals surface area contributed by atoms with Gasteiger partial charge in [0.1, 0.15) is 0 Å². The van der Waals surface area contributed by atoms with E-state index in [9.17, 15) is 0 Å². The van der Waals surface area contributed by atoms with E-state index in [-0.39, 0.29) is 26.2 Å². The average molecular weight is 721 g/mol. The predicted octanol–water partition coefficient (Wildman–Crippen LogP) is 11.3. The molecule has 2 aliphatic carbocycles. The third-order valence-electron chi connectivity index (χ3n) is 9.18. The van der Waals surface area contributed by atoms with E-state index in [0.29, 0.717) is 0 Å². The Labute approximate surface area is 302 Å². The van der Waals surface area contributed by atoms with Crippen molar-refractivity contribution in [3.05, 3.63) is 178 Å². The number of para-hydroxylation sites is 2. The third-order valence-corrected chi connectivity index (χ3v) is 9.65. The molecule has 2 nitrogen and oxygen atoms in total. The second-order valence-corrected chi connectivity index (χ2v) is 12.7. The van der Waals surface area contributed by atoms with Crippen LogP contribution in [0.4, 0.5) is 0 Å². The number of rotatable bonds is 2. The van der Waals surface area contributed by atoms with Gasteiger partial charge >= 0.3 is 26.2 Å². The minimum Gasteiger partial charge on any atom is -0.359 e. The van der Waals surface area contributed by atoms with Gasteiger partial charge in [-0.25, -0.2) is 0 Å². The molecule has 0 radical (unpaired) electrons. The van der Waals surface area contributed by atoms with E-state index in [2.05, 4.69) is 130 Å². The first-order chi connectivity index (χ1) is 22.7. The van der Waals surface area contributed by atoms with Gasteiger partial charge in [0.2, 0.25) is 0 Å². The Kier molecular flexibility index (Phi) is 7.81. The average Bonchev–Trinajstić information content (AvgIpc) is 3.82. The van der Waals surface area contributed by atoms with Crippen molar-refractivity contribution in [3.63, 3.8) is 0 Å². The molecule has 5 heteroatoms. The molecular weight excluding hydrogens is 695 g/mol. The summed E-state index contributed by atoms with van der Waals surface area (Å²) in [6, 6.07) is 52.8. The molecule has 2 aromatic heterocycles. The fraction of sp³-hybridized carbons (Fsp3) is 0.0476. The molecule has 0 saturated carbocycles. The van der Waals surface area contributed by atoms with Crippen molar-refractivity contribution in [2.75, 3.05) is 0 Å². The molecule has 0 N–H and O–H groups in total. The van der Waals surface area contributed by atoms with E-state index in [1.54, 1.807) is 0 Å². The first-order valence-electron chi connectivity index (χ1n) is 15.4. The topological polar surface area (TPSA) is 9.86 Å². The van der Waals surface area contributed by atoms with Crippen LogP contribution in [0.2, 0.25) is 10.0 Å². The summed E-state index contributed by atoms with van der Waals surface area (Å²) < 4.78 is 4.70. The van der Waals surface area contributed by atoms with Crippen molar-refractivity contribution in [3.8, 4) is 33.9 Å². The van der Waals surface area contributed by atoms with Crippen LogP contribution in [-0.4, -0.2) is 9.13 Å². The normalized spacial score (nSPS) is 12.1. The van der Waals surface area contributed by atoms with E-state index in [4.69, 9.17) is 23.2 Å². The largest absolute Gasteiger partial charge is 2.00 e. The SMILES string of the molecule is Clc1ccc2c(c1)Cc1c-2n(-c2ccccc2)c2ccc[c-]c12.Clc1ccc2c(c1)Cc1c-2n(-c2ccccc2)c2ccc[c-]c12.[Zr+2]. The predicted molar refractivity (Wildman–Crippen MR) is 191 cm³/mol. The second-order valence-electron chi connectivity index (χ2n) is 11.8. The molecule has 0 bridgehead atoms. The molecule has 8 aromatic rings. The Balaban J connectivity index is 0.000000135. The van der Waals surface area contributed by atoms with Crippen LogP contribution in [0.15, 0.2) is 133 Å². The zero-order chi connectivity index (χ0) is 30.8. The number of aromatic nitrogens is 2. The molecule has 0 aliphatic heterocycles. The van der Waals surface area contributed by atoms with Gasteiger partial charge in [0, 0.05) is 32.8 Å². The monoisotopic (exact) mass is 718 g/mol. The van der Waals surface area contributed by atoms with Crippen LogP contribution in [0.5, 0.6) is 0 Å². The Morgan fingerprint density at radius 2 is 0.915 bits per heavy atom. The molecule has 222 valence electrons. The molecule has 0 fully saturated rings. The van der Waals surface area contributed by atoms with E-state index in [1.807, 2.05) is 24.3 Å². The number of nitrogens with zero attached hydrogens (tertiary/aromatic N) is 2. The Morgan fingerprint density at radius 1 is 0.489 bits per heavy atom. The standard InChI is InChI=1S/2C21H13ClN.Zr/c2*22-15-10-11-17-14(12-15)13-19-18-8-4-5-9-20(18)23(21(17)19)16-6-2-1-3-7-16;/h2*1-7,9-12H,13H2;/q2*-1;+2. The smallest absolute Gasteiger partial charge is 0.359 e. The fourth-order valence-corrected chi connectivity index (χ4v) is 7.71. The van der Waals surface area contributed by atoms with Crippen molar-refractivity contribution in [1.29, 1.82) is 0 Å². The molecule has 0 amide bonds. The van der Waals surface area contributed by atoms with E-state index in [0.717, 1.165) is 22.9 Å². The van der Waals surface area contributed by atoms with Gasteiger partial charge in [-0.05, 0) is 94.7 Å². The second kappa shape index (κ2) is 12.1. The van der Waals surface area contributed by atoms with Crippen molar-refractivity contribution in [2.24, 2.45) is 0 Å². The first kappa shape index (κ1) is 30.2. The minimum atomic E-state index is 0. The van der Waals surface area contributed by atoms with Gasteiger partial charge in [-0.1, -0.05) is 82.9 Å². The Morgan fingerprint density at radius 3 is 1.34 bits per heavy atom. The quantitative estimate of drug-likeness (QED) is 0.157. The molecule has 2 aliphatic rings. The van der Waals surface area contributed by atoms with Crippen LogP contribution < -0.4 is 0 Å². The van der Waals surface area contributed by atoms with Crippen LogP contribution in [0.1, 0.15) is 22.3 Å². The van der Waals surface area contributed by atoms with Crippen LogP contribution in [0.3, 0.4) is 0 Å². The third kappa shape index (κ3) is 4.96. The van der Waals surface area contributed by atoms with Crippen LogP contribution in [-0.2, 0) is 39.0 Å². The molecule has 10 rings (SSSR count). The first-order valence-corrected chi connectivity index (χ1v) is 16.2. The van der Waals surface area contributed by atoms with E-state index < -0.39 is 0 Å². The summed E-state index contributed by atoms with van der Waals surface area (Å²) in [7, 11) is 0. The zero-order valence-electron chi connectivity index (χ0n) is 25.3. The summed E-state index contributed by atoms with van der Waals surface area (Å²) in [5.41, 5.74) is 15.2. The maximum atomic E-state index is 6.19. The molecule has 0 unspecified atom stereocenters. The zero-order valence-corrected chi connectivity index (χ0v) is 29.2. The maximum Gasteiger partial charge on any atom is 2.00 e.